The summed E-state index contributed by atoms with van der Waals surface area (Å²) < 4.78 is 0. The number of aliphatic hydroxyl groups excluding tert-OH is 2. The number of aliphatic hydroxyl groups is 2. The van der Waals surface area contributed by atoms with Gasteiger partial charge < -0.3 is 20.6 Å². The lowest BCUT2D eigenvalue weighted by atomic mass is 9.91. The predicted molar refractivity (Wildman–Crippen MR) is 96.0 cm³/mol. The van der Waals surface area contributed by atoms with Gasteiger partial charge in [0.25, 0.3) is 0 Å². The second kappa shape index (κ2) is 7.79. The highest BCUT2D eigenvalue weighted by Gasteiger charge is 2.20. The molecule has 0 aliphatic carbocycles. The summed E-state index contributed by atoms with van der Waals surface area (Å²) >= 11 is 0. The number of aromatic hydroxyl groups is 1. The van der Waals surface area contributed by atoms with E-state index in [4.69, 9.17) is 0 Å². The largest absolute Gasteiger partial charge is 0.508 e. The Kier molecular flexibility index (Phi) is 5.99. The molecule has 0 radical (unpaired) electrons. The van der Waals surface area contributed by atoms with Crippen LogP contribution in [0, 0.1) is 0 Å². The molecule has 130 valence electrons. The second-order valence-corrected chi connectivity index (χ2v) is 7.10. The predicted octanol–water partition coefficient (Wildman–Crippen LogP) is 2.90. The Morgan fingerprint density at radius 2 is 1.67 bits per heavy atom. The van der Waals surface area contributed by atoms with Gasteiger partial charge in [0.2, 0.25) is 0 Å². The third-order valence-electron chi connectivity index (χ3n) is 4.01. The second-order valence-electron chi connectivity index (χ2n) is 7.10. The van der Waals surface area contributed by atoms with Crippen molar-refractivity contribution >= 4 is 0 Å². The molecule has 4 N–H and O–H groups in total. The highest BCUT2D eigenvalue weighted by atomic mass is 16.3. The first kappa shape index (κ1) is 18.5. The lowest BCUT2D eigenvalue weighted by Crippen LogP contribution is -2.38. The normalized spacial score (nSPS) is 13.0. The van der Waals surface area contributed by atoms with E-state index >= 15 is 0 Å². The average Bonchev–Trinajstić information content (AvgIpc) is 2.53. The van der Waals surface area contributed by atoms with Gasteiger partial charge >= 0.3 is 0 Å². The molecule has 24 heavy (non-hydrogen) atoms. The molecule has 1 atom stereocenters. The molecular formula is C20H27NO3. The minimum Gasteiger partial charge on any atom is -0.508 e. The smallest absolute Gasteiger partial charge is 0.121 e. The third kappa shape index (κ3) is 4.81. The van der Waals surface area contributed by atoms with Crippen LogP contribution in [-0.2, 0) is 13.0 Å². The van der Waals surface area contributed by atoms with E-state index < -0.39 is 6.10 Å². The van der Waals surface area contributed by atoms with Crippen molar-refractivity contribution in [2.75, 3.05) is 6.54 Å². The van der Waals surface area contributed by atoms with E-state index in [9.17, 15) is 15.3 Å². The number of β-amino-alcohol motifs (C(OH)–C–C–N with tert-alkyl or cyclic N) is 1. The molecule has 0 spiro atoms. The van der Waals surface area contributed by atoms with E-state index in [0.29, 0.717) is 18.5 Å². The Hall–Kier alpha value is -1.88. The molecule has 0 amide bonds. The zero-order chi connectivity index (χ0) is 17.7. The molecule has 4 nitrogen and oxygen atoms in total. The number of hydrogen-bond acceptors (Lipinski definition) is 4. The summed E-state index contributed by atoms with van der Waals surface area (Å²) in [6, 6.07) is 13.1. The fourth-order valence-corrected chi connectivity index (χ4v) is 2.71. The fourth-order valence-electron chi connectivity index (χ4n) is 2.71. The minimum atomic E-state index is -0.714. The molecule has 2 aromatic rings. The first-order valence-corrected chi connectivity index (χ1v) is 8.23. The molecule has 2 aromatic carbocycles. The molecule has 4 heteroatoms. The standard InChI is InChI=1S/C20H27NO3/c1-20(2,3)21-12-19(24)15-9-10-18(23)17(13-22)16(15)11-14-7-5-4-6-8-14/h4-10,19,21-24H,11-13H2,1-3H3. The lowest BCUT2D eigenvalue weighted by molar-refractivity contribution is 0.162. The maximum Gasteiger partial charge on any atom is 0.121 e. The average molecular weight is 329 g/mol. The van der Waals surface area contributed by atoms with Crippen molar-refractivity contribution in [1.82, 2.24) is 5.32 Å². The van der Waals surface area contributed by atoms with Crippen LogP contribution in [0.25, 0.3) is 0 Å². The van der Waals surface area contributed by atoms with E-state index in [0.717, 1.165) is 16.7 Å². The number of phenols is 1. The van der Waals surface area contributed by atoms with Gasteiger partial charge in [-0.1, -0.05) is 36.4 Å². The van der Waals surface area contributed by atoms with Crippen LogP contribution in [0.3, 0.4) is 0 Å². The van der Waals surface area contributed by atoms with Gasteiger partial charge in [0, 0.05) is 17.6 Å². The third-order valence-corrected chi connectivity index (χ3v) is 4.01. The Bertz CT molecular complexity index is 663. The van der Waals surface area contributed by atoms with Crippen molar-refractivity contribution in [2.45, 2.75) is 45.4 Å². The van der Waals surface area contributed by atoms with Crippen molar-refractivity contribution in [1.29, 1.82) is 0 Å². The SMILES string of the molecule is CC(C)(C)NCC(O)c1ccc(O)c(CO)c1Cc1ccccc1. The summed E-state index contributed by atoms with van der Waals surface area (Å²) in [5, 5.41) is 33.7. The number of benzene rings is 2. The van der Waals surface area contributed by atoms with Crippen molar-refractivity contribution in [3.63, 3.8) is 0 Å². The minimum absolute atomic E-state index is 0.0585. The van der Waals surface area contributed by atoms with Crippen LogP contribution in [0.1, 0.15) is 49.1 Å². The maximum atomic E-state index is 10.6. The van der Waals surface area contributed by atoms with Crippen molar-refractivity contribution in [3.8, 4) is 5.75 Å². The summed E-state index contributed by atoms with van der Waals surface area (Å²) in [7, 11) is 0. The summed E-state index contributed by atoms with van der Waals surface area (Å²) in [6.45, 7) is 6.27. The van der Waals surface area contributed by atoms with Gasteiger partial charge in [0.1, 0.15) is 5.75 Å². The molecule has 0 saturated heterocycles. The first-order valence-electron chi connectivity index (χ1n) is 8.23. The van der Waals surface area contributed by atoms with Crippen molar-refractivity contribution in [2.24, 2.45) is 0 Å². The van der Waals surface area contributed by atoms with Crippen molar-refractivity contribution in [3.05, 3.63) is 64.7 Å². The highest BCUT2D eigenvalue weighted by molar-refractivity contribution is 5.47. The van der Waals surface area contributed by atoms with Gasteiger partial charge in [-0.15, -0.1) is 0 Å². The fraction of sp³-hybridized carbons (Fsp3) is 0.400. The zero-order valence-electron chi connectivity index (χ0n) is 14.6. The Morgan fingerprint density at radius 1 is 1.00 bits per heavy atom. The van der Waals surface area contributed by atoms with Gasteiger partial charge in [-0.05, 0) is 49.9 Å². The Morgan fingerprint density at radius 3 is 2.25 bits per heavy atom. The molecular weight excluding hydrogens is 302 g/mol. The maximum absolute atomic E-state index is 10.6. The van der Waals surface area contributed by atoms with Crippen LogP contribution in [0.4, 0.5) is 0 Å². The zero-order valence-corrected chi connectivity index (χ0v) is 14.6. The summed E-state index contributed by atoms with van der Waals surface area (Å²) in [5.41, 5.74) is 2.96. The van der Waals surface area contributed by atoms with Gasteiger partial charge in [0.15, 0.2) is 0 Å². The number of rotatable bonds is 6. The topological polar surface area (TPSA) is 72.7 Å². The van der Waals surface area contributed by atoms with E-state index in [1.165, 1.54) is 6.07 Å². The van der Waals surface area contributed by atoms with Crippen molar-refractivity contribution < 1.29 is 15.3 Å². The van der Waals surface area contributed by atoms with Crippen LogP contribution >= 0.6 is 0 Å². The van der Waals surface area contributed by atoms with E-state index in [2.05, 4.69) is 5.32 Å². The van der Waals surface area contributed by atoms with Crippen LogP contribution in [0.2, 0.25) is 0 Å². The first-order chi connectivity index (χ1) is 11.3. The Balaban J connectivity index is 2.36. The van der Waals surface area contributed by atoms with Crippen LogP contribution in [0.5, 0.6) is 5.75 Å². The quantitative estimate of drug-likeness (QED) is 0.657. The molecule has 0 aliphatic rings. The van der Waals surface area contributed by atoms with E-state index in [1.807, 2.05) is 51.1 Å². The molecule has 0 fully saturated rings. The van der Waals surface area contributed by atoms with E-state index in [-0.39, 0.29) is 17.9 Å². The van der Waals surface area contributed by atoms with Crippen LogP contribution in [0.15, 0.2) is 42.5 Å². The molecule has 0 heterocycles. The Labute approximate surface area is 143 Å². The molecule has 2 rings (SSSR count). The lowest BCUT2D eigenvalue weighted by Gasteiger charge is -2.25. The molecule has 1 unspecified atom stereocenters. The summed E-state index contributed by atoms with van der Waals surface area (Å²) in [6.07, 6.45) is -0.165. The molecule has 0 aromatic heterocycles. The van der Waals surface area contributed by atoms with Crippen LogP contribution < -0.4 is 5.32 Å². The molecule has 0 saturated carbocycles. The highest BCUT2D eigenvalue weighted by Crippen LogP contribution is 2.30. The molecule has 0 bridgehead atoms. The summed E-state index contributed by atoms with van der Waals surface area (Å²) in [5.74, 6) is 0.0585. The van der Waals surface area contributed by atoms with Gasteiger partial charge in [-0.2, -0.15) is 0 Å². The van der Waals surface area contributed by atoms with Crippen LogP contribution in [-0.4, -0.2) is 27.4 Å². The molecule has 0 aliphatic heterocycles. The number of hydrogen-bond donors (Lipinski definition) is 4. The number of nitrogens with one attached hydrogen (secondary N) is 1. The van der Waals surface area contributed by atoms with Gasteiger partial charge in [-0.3, -0.25) is 0 Å². The van der Waals surface area contributed by atoms with E-state index in [1.54, 1.807) is 6.07 Å². The van der Waals surface area contributed by atoms with Gasteiger partial charge in [-0.25, -0.2) is 0 Å². The summed E-state index contributed by atoms with van der Waals surface area (Å²) in [4.78, 5) is 0. The monoisotopic (exact) mass is 329 g/mol. The van der Waals surface area contributed by atoms with Gasteiger partial charge in [0.05, 0.1) is 12.7 Å².